The van der Waals surface area contributed by atoms with Crippen LogP contribution in [-0.2, 0) is 9.53 Å². The lowest BCUT2D eigenvalue weighted by molar-refractivity contribution is -0.117. The van der Waals surface area contributed by atoms with Crippen molar-refractivity contribution in [3.8, 4) is 0 Å². The number of H-pyrrole nitrogens is 1. The van der Waals surface area contributed by atoms with Crippen LogP contribution in [0.1, 0.15) is 20.2 Å². The summed E-state index contributed by atoms with van der Waals surface area (Å²) in [6, 6.07) is 11.3. The lowest BCUT2D eigenvalue weighted by Crippen LogP contribution is -2.50. The zero-order valence-electron chi connectivity index (χ0n) is 16.5. The third kappa shape index (κ3) is 4.22. The first-order valence-electron chi connectivity index (χ1n) is 9.60. The summed E-state index contributed by atoms with van der Waals surface area (Å²) in [7, 11) is 1.31. The molecule has 1 saturated heterocycles. The maximum atomic E-state index is 12.8. The minimum atomic E-state index is -0.468. The van der Waals surface area contributed by atoms with Crippen molar-refractivity contribution >= 4 is 45.7 Å². The van der Waals surface area contributed by atoms with Crippen molar-refractivity contribution in [1.82, 2.24) is 14.8 Å². The number of carbonyl (C=O) groups excluding carboxylic acids is 3. The molecule has 1 aromatic carbocycles. The first-order chi connectivity index (χ1) is 14.5. The molecule has 30 heavy (non-hydrogen) atoms. The Morgan fingerprint density at radius 3 is 2.63 bits per heavy atom. The zero-order valence-corrected chi connectivity index (χ0v) is 17.3. The van der Waals surface area contributed by atoms with Gasteiger partial charge in [-0.25, -0.2) is 4.79 Å². The van der Waals surface area contributed by atoms with Crippen molar-refractivity contribution in [2.75, 3.05) is 45.2 Å². The topological polar surface area (TPSA) is 94.7 Å². The van der Waals surface area contributed by atoms with Crippen LogP contribution < -0.4 is 5.32 Å². The van der Waals surface area contributed by atoms with E-state index in [1.807, 2.05) is 35.2 Å². The smallest absolute Gasteiger partial charge is 0.350 e. The van der Waals surface area contributed by atoms with E-state index in [-0.39, 0.29) is 18.4 Å². The fourth-order valence-electron chi connectivity index (χ4n) is 3.52. The Hall–Kier alpha value is -3.17. The fraction of sp³-hybridized carbons (Fsp3) is 0.286. The number of nitrogens with zero attached hydrogens (tertiary/aromatic N) is 2. The Morgan fingerprint density at radius 1 is 1.13 bits per heavy atom. The van der Waals surface area contributed by atoms with Gasteiger partial charge in [-0.15, -0.1) is 11.3 Å². The zero-order chi connectivity index (χ0) is 21.1. The third-order valence-electron chi connectivity index (χ3n) is 5.10. The molecule has 0 saturated carbocycles. The number of thiophene rings is 1. The first-order valence-corrected chi connectivity index (χ1v) is 10.5. The second-order valence-electron chi connectivity index (χ2n) is 7.04. The summed E-state index contributed by atoms with van der Waals surface area (Å²) in [5.41, 5.74) is 1.98. The van der Waals surface area contributed by atoms with E-state index in [1.54, 1.807) is 16.3 Å². The molecule has 1 fully saturated rings. The number of para-hydroxylation sites is 1. The number of rotatable bonds is 5. The second kappa shape index (κ2) is 8.68. The summed E-state index contributed by atoms with van der Waals surface area (Å²) in [5.74, 6) is -0.699. The highest BCUT2D eigenvalue weighted by molar-refractivity contribution is 7.12. The van der Waals surface area contributed by atoms with E-state index < -0.39 is 5.97 Å². The average Bonchev–Trinajstić information content (AvgIpc) is 3.40. The molecule has 0 spiro atoms. The lowest BCUT2D eigenvalue weighted by Gasteiger charge is -2.34. The van der Waals surface area contributed by atoms with E-state index in [9.17, 15) is 14.4 Å². The van der Waals surface area contributed by atoms with E-state index in [0.717, 1.165) is 10.9 Å². The largest absolute Gasteiger partial charge is 0.465 e. The SMILES string of the molecule is COC(=O)c1sccc1NC(=O)CN1CCN(C(=O)c2cc3ccccc3[nH]2)CC1. The number of amides is 2. The van der Waals surface area contributed by atoms with Gasteiger partial charge in [0.05, 0.1) is 19.3 Å². The van der Waals surface area contributed by atoms with Crippen molar-refractivity contribution in [3.63, 3.8) is 0 Å². The Kier molecular flexibility index (Phi) is 5.82. The molecule has 3 heterocycles. The molecule has 0 atom stereocenters. The first kappa shape index (κ1) is 20.1. The van der Waals surface area contributed by atoms with Crippen LogP contribution in [0.3, 0.4) is 0 Å². The summed E-state index contributed by atoms with van der Waals surface area (Å²) < 4.78 is 4.73. The van der Waals surface area contributed by atoms with Crippen LogP contribution in [0.2, 0.25) is 0 Å². The molecule has 2 amide bonds. The van der Waals surface area contributed by atoms with E-state index >= 15 is 0 Å². The maximum Gasteiger partial charge on any atom is 0.350 e. The minimum absolute atomic E-state index is 0.0312. The quantitative estimate of drug-likeness (QED) is 0.611. The fourth-order valence-corrected chi connectivity index (χ4v) is 4.29. The molecule has 1 aliphatic rings. The van der Waals surface area contributed by atoms with Gasteiger partial charge in [-0.2, -0.15) is 0 Å². The molecule has 8 nitrogen and oxygen atoms in total. The molecule has 0 unspecified atom stereocenters. The van der Waals surface area contributed by atoms with E-state index in [2.05, 4.69) is 10.3 Å². The van der Waals surface area contributed by atoms with Gasteiger partial charge >= 0.3 is 5.97 Å². The van der Waals surface area contributed by atoms with Gasteiger partial charge in [0.15, 0.2) is 0 Å². The number of esters is 1. The predicted octanol–water partition coefficient (Wildman–Crippen LogP) is 2.41. The van der Waals surface area contributed by atoms with Crippen molar-refractivity contribution in [1.29, 1.82) is 0 Å². The molecule has 3 aromatic rings. The molecule has 0 aliphatic carbocycles. The van der Waals surface area contributed by atoms with Gasteiger partial charge in [0.2, 0.25) is 5.91 Å². The van der Waals surface area contributed by atoms with E-state index in [1.165, 1.54) is 18.4 Å². The van der Waals surface area contributed by atoms with Gasteiger partial charge in [0.1, 0.15) is 10.6 Å². The van der Waals surface area contributed by atoms with Crippen molar-refractivity contribution in [3.05, 3.63) is 52.3 Å². The lowest BCUT2D eigenvalue weighted by atomic mass is 10.2. The summed E-state index contributed by atoms with van der Waals surface area (Å²) >= 11 is 1.22. The highest BCUT2D eigenvalue weighted by Crippen LogP contribution is 2.23. The van der Waals surface area contributed by atoms with Gasteiger partial charge in [-0.3, -0.25) is 14.5 Å². The number of aromatic amines is 1. The molecular formula is C21H22N4O4S. The molecule has 2 N–H and O–H groups in total. The number of piperazine rings is 1. The highest BCUT2D eigenvalue weighted by Gasteiger charge is 2.25. The summed E-state index contributed by atoms with van der Waals surface area (Å²) in [6.07, 6.45) is 0. The average molecular weight is 426 g/mol. The number of benzene rings is 1. The van der Waals surface area contributed by atoms with Gasteiger partial charge in [-0.05, 0) is 23.6 Å². The monoisotopic (exact) mass is 426 g/mol. The van der Waals surface area contributed by atoms with Crippen LogP contribution >= 0.6 is 11.3 Å². The predicted molar refractivity (Wildman–Crippen MR) is 115 cm³/mol. The number of hydrogen-bond acceptors (Lipinski definition) is 6. The molecule has 0 radical (unpaired) electrons. The number of carbonyl (C=O) groups is 3. The number of hydrogen-bond donors (Lipinski definition) is 2. The van der Waals surface area contributed by atoms with Crippen LogP contribution in [0.4, 0.5) is 5.69 Å². The van der Waals surface area contributed by atoms with Crippen LogP contribution in [0.5, 0.6) is 0 Å². The van der Waals surface area contributed by atoms with Crippen LogP contribution in [0.15, 0.2) is 41.8 Å². The normalized spacial score (nSPS) is 14.6. The van der Waals surface area contributed by atoms with E-state index in [4.69, 9.17) is 4.74 Å². The Bertz CT molecular complexity index is 1050. The molecule has 1 aliphatic heterocycles. The Morgan fingerprint density at radius 2 is 1.90 bits per heavy atom. The number of fused-ring (bicyclic) bond motifs is 1. The number of aromatic nitrogens is 1. The molecule has 9 heteroatoms. The number of ether oxygens (including phenoxy) is 1. The van der Waals surface area contributed by atoms with Crippen molar-refractivity contribution in [2.24, 2.45) is 0 Å². The Labute approximate surface area is 177 Å². The number of anilines is 1. The molecule has 156 valence electrons. The minimum Gasteiger partial charge on any atom is -0.465 e. The molecular weight excluding hydrogens is 404 g/mol. The van der Waals surface area contributed by atoms with Crippen LogP contribution in [0, 0.1) is 0 Å². The molecule has 2 aromatic heterocycles. The third-order valence-corrected chi connectivity index (χ3v) is 5.99. The van der Waals surface area contributed by atoms with Gasteiger partial charge in [0, 0.05) is 37.1 Å². The summed E-state index contributed by atoms with van der Waals surface area (Å²) in [4.78, 5) is 44.3. The number of methoxy groups -OCH3 is 1. The summed E-state index contributed by atoms with van der Waals surface area (Å²) in [6.45, 7) is 2.51. The van der Waals surface area contributed by atoms with Crippen LogP contribution in [0.25, 0.3) is 10.9 Å². The Balaban J connectivity index is 1.30. The standard InChI is InChI=1S/C21H22N4O4S/c1-29-21(28)19-16(6-11-30-19)23-18(26)13-24-7-9-25(10-8-24)20(27)17-12-14-4-2-3-5-15(14)22-17/h2-6,11-12,22H,7-10,13H2,1H3,(H,23,26). The van der Waals surface area contributed by atoms with E-state index in [0.29, 0.717) is 42.4 Å². The van der Waals surface area contributed by atoms with Gasteiger partial charge < -0.3 is 19.9 Å². The van der Waals surface area contributed by atoms with Crippen molar-refractivity contribution < 1.29 is 19.1 Å². The van der Waals surface area contributed by atoms with Crippen LogP contribution in [-0.4, -0.2) is 72.4 Å². The van der Waals surface area contributed by atoms with Gasteiger partial charge in [0.25, 0.3) is 5.91 Å². The summed E-state index contributed by atoms with van der Waals surface area (Å²) in [5, 5.41) is 5.51. The number of nitrogens with one attached hydrogen (secondary N) is 2. The second-order valence-corrected chi connectivity index (χ2v) is 7.96. The highest BCUT2D eigenvalue weighted by atomic mass is 32.1. The molecule has 0 bridgehead atoms. The molecule has 4 rings (SSSR count). The van der Waals surface area contributed by atoms with Crippen molar-refractivity contribution in [2.45, 2.75) is 0 Å². The maximum absolute atomic E-state index is 12.8. The van der Waals surface area contributed by atoms with Gasteiger partial charge in [-0.1, -0.05) is 18.2 Å².